The first-order valence-corrected chi connectivity index (χ1v) is 9.26. The highest BCUT2D eigenvalue weighted by atomic mass is 127. The predicted molar refractivity (Wildman–Crippen MR) is 117 cm³/mol. The van der Waals surface area contributed by atoms with Gasteiger partial charge in [0, 0.05) is 38.3 Å². The third-order valence-corrected chi connectivity index (χ3v) is 4.88. The Morgan fingerprint density at radius 1 is 1.12 bits per heavy atom. The van der Waals surface area contributed by atoms with Crippen molar-refractivity contribution in [3.63, 3.8) is 0 Å². The van der Waals surface area contributed by atoms with Crippen molar-refractivity contribution in [1.82, 2.24) is 15.5 Å². The van der Waals surface area contributed by atoms with Gasteiger partial charge in [0.2, 0.25) is 0 Å². The maximum atomic E-state index is 12.5. The SMILES string of the molecule is CN=C(NCc1ccc(C(=O)N2CCCCC2)cc1)NC1CC=CC1.I. The highest BCUT2D eigenvalue weighted by molar-refractivity contribution is 14.0. The lowest BCUT2D eigenvalue weighted by Gasteiger charge is -2.26. The van der Waals surface area contributed by atoms with Crippen LogP contribution in [0.4, 0.5) is 0 Å². The van der Waals surface area contributed by atoms with Crippen molar-refractivity contribution in [2.75, 3.05) is 20.1 Å². The largest absolute Gasteiger partial charge is 0.353 e. The molecule has 1 amide bonds. The number of hydrogen-bond acceptors (Lipinski definition) is 2. The van der Waals surface area contributed by atoms with Crippen LogP contribution in [0.25, 0.3) is 0 Å². The number of benzene rings is 1. The molecule has 1 saturated heterocycles. The molecular weight excluding hydrogens is 439 g/mol. The molecule has 0 unspecified atom stereocenters. The number of hydrogen-bond donors (Lipinski definition) is 2. The summed E-state index contributed by atoms with van der Waals surface area (Å²) in [5, 5.41) is 6.76. The molecule has 2 N–H and O–H groups in total. The molecule has 26 heavy (non-hydrogen) atoms. The van der Waals surface area contributed by atoms with E-state index in [1.165, 1.54) is 6.42 Å². The van der Waals surface area contributed by atoms with Gasteiger partial charge in [-0.15, -0.1) is 24.0 Å². The second-order valence-corrected chi connectivity index (χ2v) is 6.76. The summed E-state index contributed by atoms with van der Waals surface area (Å²) in [6, 6.07) is 8.36. The number of rotatable bonds is 4. The van der Waals surface area contributed by atoms with E-state index in [9.17, 15) is 4.79 Å². The molecule has 142 valence electrons. The topological polar surface area (TPSA) is 56.7 Å². The molecule has 1 aliphatic heterocycles. The Balaban J connectivity index is 0.00000243. The summed E-state index contributed by atoms with van der Waals surface area (Å²) in [6.07, 6.45) is 9.97. The van der Waals surface area contributed by atoms with Crippen LogP contribution in [0.2, 0.25) is 0 Å². The van der Waals surface area contributed by atoms with Gasteiger partial charge in [0.15, 0.2) is 5.96 Å². The lowest BCUT2D eigenvalue weighted by Crippen LogP contribution is -2.42. The van der Waals surface area contributed by atoms with Crippen LogP contribution >= 0.6 is 24.0 Å². The van der Waals surface area contributed by atoms with Crippen LogP contribution < -0.4 is 10.6 Å². The van der Waals surface area contributed by atoms with Crippen LogP contribution in [0.1, 0.15) is 48.0 Å². The fraction of sp³-hybridized carbons (Fsp3) is 0.500. The lowest BCUT2D eigenvalue weighted by atomic mass is 10.1. The molecule has 1 aromatic rings. The number of guanidine groups is 1. The van der Waals surface area contributed by atoms with E-state index in [4.69, 9.17) is 0 Å². The summed E-state index contributed by atoms with van der Waals surface area (Å²) in [6.45, 7) is 2.47. The zero-order valence-electron chi connectivity index (χ0n) is 15.4. The van der Waals surface area contributed by atoms with Gasteiger partial charge in [-0.05, 0) is 49.8 Å². The van der Waals surface area contributed by atoms with Gasteiger partial charge in [-0.1, -0.05) is 24.3 Å². The van der Waals surface area contributed by atoms with Crippen molar-refractivity contribution >= 4 is 35.8 Å². The van der Waals surface area contributed by atoms with E-state index in [0.29, 0.717) is 12.6 Å². The molecule has 5 nitrogen and oxygen atoms in total. The first kappa shape index (κ1) is 20.7. The van der Waals surface area contributed by atoms with Crippen LogP contribution in [0.3, 0.4) is 0 Å². The second kappa shape index (κ2) is 10.5. The van der Waals surface area contributed by atoms with Crippen molar-refractivity contribution in [2.45, 2.75) is 44.7 Å². The molecule has 6 heteroatoms. The first-order chi connectivity index (χ1) is 12.3. The molecule has 0 atom stereocenters. The molecule has 3 rings (SSSR count). The smallest absolute Gasteiger partial charge is 0.253 e. The Morgan fingerprint density at radius 2 is 1.77 bits per heavy atom. The van der Waals surface area contributed by atoms with Crippen LogP contribution in [0, 0.1) is 0 Å². The van der Waals surface area contributed by atoms with Crippen molar-refractivity contribution in [1.29, 1.82) is 0 Å². The fourth-order valence-corrected chi connectivity index (χ4v) is 3.35. The number of carbonyl (C=O) groups is 1. The average Bonchev–Trinajstić information content (AvgIpc) is 3.19. The molecular formula is C20H29IN4O. The Kier molecular flexibility index (Phi) is 8.41. The molecule has 0 spiro atoms. The quantitative estimate of drug-likeness (QED) is 0.309. The van der Waals surface area contributed by atoms with Crippen LogP contribution in [-0.4, -0.2) is 42.9 Å². The molecule has 2 aliphatic rings. The van der Waals surface area contributed by atoms with E-state index in [-0.39, 0.29) is 29.9 Å². The van der Waals surface area contributed by atoms with E-state index >= 15 is 0 Å². The molecule has 0 saturated carbocycles. The van der Waals surface area contributed by atoms with Crippen molar-refractivity contribution in [3.05, 3.63) is 47.5 Å². The van der Waals surface area contributed by atoms with Gasteiger partial charge in [-0.2, -0.15) is 0 Å². The van der Waals surface area contributed by atoms with Crippen LogP contribution in [0.5, 0.6) is 0 Å². The van der Waals surface area contributed by atoms with Crippen molar-refractivity contribution < 1.29 is 4.79 Å². The standard InChI is InChI=1S/C20H28N4O.HI/c1-21-20(23-18-7-3-4-8-18)22-15-16-9-11-17(12-10-16)19(25)24-13-5-2-6-14-24;/h3-4,9-12,18H,2,5-8,13-15H2,1H3,(H2,21,22,23);1H. The maximum Gasteiger partial charge on any atom is 0.253 e. The van der Waals surface area contributed by atoms with Crippen LogP contribution in [-0.2, 0) is 6.54 Å². The van der Waals surface area contributed by atoms with E-state index in [1.807, 2.05) is 29.2 Å². The van der Waals surface area contributed by atoms with Gasteiger partial charge >= 0.3 is 0 Å². The minimum Gasteiger partial charge on any atom is -0.353 e. The van der Waals surface area contributed by atoms with E-state index < -0.39 is 0 Å². The molecule has 1 fully saturated rings. The third kappa shape index (κ3) is 5.72. The average molecular weight is 468 g/mol. The molecule has 1 aliphatic carbocycles. The summed E-state index contributed by atoms with van der Waals surface area (Å²) in [7, 11) is 1.79. The normalized spacial score (nSPS) is 17.7. The number of carbonyl (C=O) groups excluding carboxylic acids is 1. The maximum absolute atomic E-state index is 12.5. The summed E-state index contributed by atoms with van der Waals surface area (Å²) in [5.41, 5.74) is 1.92. The number of piperidine rings is 1. The van der Waals surface area contributed by atoms with Gasteiger partial charge in [0.05, 0.1) is 0 Å². The van der Waals surface area contributed by atoms with Crippen molar-refractivity contribution in [3.8, 4) is 0 Å². The summed E-state index contributed by atoms with van der Waals surface area (Å²) >= 11 is 0. The number of nitrogens with one attached hydrogen (secondary N) is 2. The molecule has 0 radical (unpaired) electrons. The Labute approximate surface area is 173 Å². The highest BCUT2D eigenvalue weighted by Crippen LogP contribution is 2.14. The van der Waals surface area contributed by atoms with Crippen molar-refractivity contribution in [2.24, 2.45) is 4.99 Å². The minimum atomic E-state index is 0. The van der Waals surface area contributed by atoms with Gasteiger partial charge in [0.1, 0.15) is 0 Å². The summed E-state index contributed by atoms with van der Waals surface area (Å²) < 4.78 is 0. The number of halogens is 1. The Morgan fingerprint density at radius 3 is 2.38 bits per heavy atom. The number of likely N-dealkylation sites (tertiary alicyclic amines) is 1. The highest BCUT2D eigenvalue weighted by Gasteiger charge is 2.18. The Bertz CT molecular complexity index is 628. The first-order valence-electron chi connectivity index (χ1n) is 9.26. The fourth-order valence-electron chi connectivity index (χ4n) is 3.35. The summed E-state index contributed by atoms with van der Waals surface area (Å²) in [5.74, 6) is 0.979. The molecule has 1 heterocycles. The second-order valence-electron chi connectivity index (χ2n) is 6.76. The van der Waals surface area contributed by atoms with Gasteiger partial charge in [0.25, 0.3) is 5.91 Å². The zero-order chi connectivity index (χ0) is 17.5. The monoisotopic (exact) mass is 468 g/mol. The van der Waals surface area contributed by atoms with E-state index in [2.05, 4.69) is 27.8 Å². The minimum absolute atomic E-state index is 0. The zero-order valence-corrected chi connectivity index (χ0v) is 17.7. The molecule has 1 aromatic carbocycles. The Hall–Kier alpha value is -1.57. The predicted octanol–water partition coefficient (Wildman–Crippen LogP) is 3.31. The van der Waals surface area contributed by atoms with Gasteiger partial charge in [-0.25, -0.2) is 0 Å². The lowest BCUT2D eigenvalue weighted by molar-refractivity contribution is 0.0724. The molecule has 0 bridgehead atoms. The van der Waals surface area contributed by atoms with E-state index in [0.717, 1.165) is 55.9 Å². The number of nitrogens with zero attached hydrogens (tertiary/aromatic N) is 2. The third-order valence-electron chi connectivity index (χ3n) is 4.88. The summed E-state index contributed by atoms with van der Waals surface area (Å²) in [4.78, 5) is 18.7. The number of amides is 1. The van der Waals surface area contributed by atoms with Gasteiger partial charge < -0.3 is 15.5 Å². The number of aliphatic imine (C=N–C) groups is 1. The van der Waals surface area contributed by atoms with Gasteiger partial charge in [-0.3, -0.25) is 9.79 Å². The van der Waals surface area contributed by atoms with E-state index in [1.54, 1.807) is 7.05 Å². The molecule has 0 aromatic heterocycles. The van der Waals surface area contributed by atoms with Crippen LogP contribution in [0.15, 0.2) is 41.4 Å².